The summed E-state index contributed by atoms with van der Waals surface area (Å²) < 4.78 is 16.6. The second-order valence-corrected chi connectivity index (χ2v) is 9.20. The molecule has 0 aromatic rings. The Kier molecular flexibility index (Phi) is 3.33. The van der Waals surface area contributed by atoms with Gasteiger partial charge in [0.1, 0.15) is 11.5 Å². The van der Waals surface area contributed by atoms with Crippen molar-refractivity contribution in [3.05, 3.63) is 0 Å². The van der Waals surface area contributed by atoms with Gasteiger partial charge in [-0.2, -0.15) is 0 Å². The molecule has 0 spiro atoms. The molecular weight excluding hydrogens is 295 g/mol. The van der Waals surface area contributed by atoms with E-state index in [-0.39, 0.29) is 36.1 Å². The summed E-state index contributed by atoms with van der Waals surface area (Å²) in [6.45, 7) is 3.95. The van der Waals surface area contributed by atoms with Gasteiger partial charge < -0.3 is 10.2 Å². The second kappa shape index (κ2) is 4.78. The molecule has 0 radical (unpaired) electrons. The lowest BCUT2D eigenvalue weighted by atomic mass is 9.43. The Labute approximate surface area is 137 Å². The number of rotatable bonds is 0. The van der Waals surface area contributed by atoms with Gasteiger partial charge in [-0.25, -0.2) is 4.39 Å². The molecule has 4 aliphatic rings. The number of hydrogen-bond donors (Lipinski definition) is 2. The van der Waals surface area contributed by atoms with Crippen LogP contribution in [0, 0.1) is 28.6 Å². The number of hydrogen-bond acceptors (Lipinski definition) is 3. The third kappa shape index (κ3) is 1.80. The Morgan fingerprint density at radius 2 is 1.83 bits per heavy atom. The molecule has 0 aromatic carbocycles. The van der Waals surface area contributed by atoms with E-state index < -0.39 is 22.6 Å². The molecule has 4 aliphatic carbocycles. The van der Waals surface area contributed by atoms with Gasteiger partial charge in [0.05, 0.1) is 12.2 Å². The molecule has 0 aromatic heterocycles. The fourth-order valence-electron chi connectivity index (χ4n) is 7.01. The van der Waals surface area contributed by atoms with Crippen LogP contribution in [-0.4, -0.2) is 33.9 Å². The molecule has 4 fully saturated rings. The molecule has 0 heterocycles. The van der Waals surface area contributed by atoms with Gasteiger partial charge in [-0.3, -0.25) is 4.79 Å². The summed E-state index contributed by atoms with van der Waals surface area (Å²) in [5.74, 6) is 0.228. The smallest absolute Gasteiger partial charge is 0.145 e. The van der Waals surface area contributed by atoms with E-state index in [2.05, 4.69) is 0 Å². The van der Waals surface area contributed by atoms with Crippen molar-refractivity contribution in [2.45, 2.75) is 83.1 Å². The minimum atomic E-state index is -1.61. The number of carbonyl (C=O) groups excluding carboxylic acids is 1. The van der Waals surface area contributed by atoms with Crippen molar-refractivity contribution < 1.29 is 19.4 Å². The lowest BCUT2D eigenvalue weighted by molar-refractivity contribution is -0.244. The first-order valence-electron chi connectivity index (χ1n) is 9.32. The van der Waals surface area contributed by atoms with Crippen LogP contribution in [0.2, 0.25) is 0 Å². The van der Waals surface area contributed by atoms with Gasteiger partial charge in [-0.15, -0.1) is 0 Å². The molecular formula is C19H29FO3. The predicted molar refractivity (Wildman–Crippen MR) is 84.5 cm³/mol. The molecule has 0 unspecified atom stereocenters. The Bertz CT molecular complexity index is 537. The number of aliphatic hydroxyl groups is 2. The number of carbonyl (C=O) groups is 1. The van der Waals surface area contributed by atoms with E-state index in [0.29, 0.717) is 25.7 Å². The molecule has 130 valence electrons. The Balaban J connectivity index is 1.76. The second-order valence-electron chi connectivity index (χ2n) is 9.20. The highest BCUT2D eigenvalue weighted by Gasteiger charge is 2.71. The lowest BCUT2D eigenvalue weighted by Gasteiger charge is -2.64. The maximum absolute atomic E-state index is 16.6. The lowest BCUT2D eigenvalue weighted by Crippen LogP contribution is -2.69. The van der Waals surface area contributed by atoms with Crippen molar-refractivity contribution in [3.8, 4) is 0 Å². The minimum absolute atomic E-state index is 0.0769. The summed E-state index contributed by atoms with van der Waals surface area (Å²) in [5, 5.41) is 20.9. The molecule has 8 atom stereocenters. The van der Waals surface area contributed by atoms with E-state index in [1.165, 1.54) is 0 Å². The van der Waals surface area contributed by atoms with E-state index in [4.69, 9.17) is 0 Å². The number of ketones is 1. The molecule has 0 aliphatic heterocycles. The van der Waals surface area contributed by atoms with Crippen molar-refractivity contribution >= 4 is 5.78 Å². The molecule has 23 heavy (non-hydrogen) atoms. The average Bonchev–Trinajstić information content (AvgIpc) is 2.77. The summed E-state index contributed by atoms with van der Waals surface area (Å²) >= 11 is 0. The van der Waals surface area contributed by atoms with Gasteiger partial charge in [-0.05, 0) is 62.7 Å². The first-order chi connectivity index (χ1) is 10.7. The van der Waals surface area contributed by atoms with Gasteiger partial charge in [0.2, 0.25) is 0 Å². The van der Waals surface area contributed by atoms with Gasteiger partial charge >= 0.3 is 0 Å². The van der Waals surface area contributed by atoms with Crippen LogP contribution in [0.15, 0.2) is 0 Å². The zero-order valence-corrected chi connectivity index (χ0v) is 14.2. The Hall–Kier alpha value is -0.480. The largest absolute Gasteiger partial charge is 0.393 e. The molecule has 2 N–H and O–H groups in total. The molecule has 4 rings (SSSR count). The van der Waals surface area contributed by atoms with Crippen LogP contribution < -0.4 is 0 Å². The van der Waals surface area contributed by atoms with Crippen LogP contribution in [0.1, 0.15) is 65.2 Å². The van der Waals surface area contributed by atoms with Crippen molar-refractivity contribution in [1.82, 2.24) is 0 Å². The summed E-state index contributed by atoms with van der Waals surface area (Å²) in [4.78, 5) is 12.4. The SMILES string of the molecule is C[C@]12CC[C@@H](O)C[C@H]1CC[C@H]1[C@@H]3CCC(=O)[C@@]3(C)C[C@H](O)[C@@]12F. The zero-order valence-electron chi connectivity index (χ0n) is 14.2. The fraction of sp³-hybridized carbons (Fsp3) is 0.947. The highest BCUT2D eigenvalue weighted by Crippen LogP contribution is 2.68. The number of Topliss-reactive ketones (excluding diaryl/α,β-unsaturated/α-hetero) is 1. The van der Waals surface area contributed by atoms with Crippen LogP contribution >= 0.6 is 0 Å². The third-order valence-electron chi connectivity index (χ3n) is 8.42. The maximum atomic E-state index is 16.6. The highest BCUT2D eigenvalue weighted by atomic mass is 19.1. The number of halogens is 1. The van der Waals surface area contributed by atoms with Crippen molar-refractivity contribution in [2.75, 3.05) is 0 Å². The van der Waals surface area contributed by atoms with E-state index in [0.717, 1.165) is 19.3 Å². The fourth-order valence-corrected chi connectivity index (χ4v) is 7.01. The van der Waals surface area contributed by atoms with Crippen LogP contribution in [0.3, 0.4) is 0 Å². The summed E-state index contributed by atoms with van der Waals surface area (Å²) in [7, 11) is 0. The number of fused-ring (bicyclic) bond motifs is 5. The van der Waals surface area contributed by atoms with E-state index in [1.807, 2.05) is 13.8 Å². The third-order valence-corrected chi connectivity index (χ3v) is 8.42. The van der Waals surface area contributed by atoms with Crippen molar-refractivity contribution in [3.63, 3.8) is 0 Å². The number of alkyl halides is 1. The van der Waals surface area contributed by atoms with E-state index in [1.54, 1.807) is 0 Å². The average molecular weight is 324 g/mol. The molecule has 4 heteroatoms. The maximum Gasteiger partial charge on any atom is 0.145 e. The molecule has 4 saturated carbocycles. The zero-order chi connectivity index (χ0) is 16.6. The number of aliphatic hydroxyl groups excluding tert-OH is 2. The van der Waals surface area contributed by atoms with Crippen LogP contribution in [0.25, 0.3) is 0 Å². The Morgan fingerprint density at radius 1 is 1.09 bits per heavy atom. The van der Waals surface area contributed by atoms with Gasteiger partial charge in [0, 0.05) is 17.3 Å². The van der Waals surface area contributed by atoms with Gasteiger partial charge in [-0.1, -0.05) is 13.8 Å². The van der Waals surface area contributed by atoms with E-state index in [9.17, 15) is 15.0 Å². The normalized spacial score (nSPS) is 59.2. The van der Waals surface area contributed by atoms with Gasteiger partial charge in [0.25, 0.3) is 0 Å². The monoisotopic (exact) mass is 324 g/mol. The van der Waals surface area contributed by atoms with Crippen LogP contribution in [-0.2, 0) is 4.79 Å². The van der Waals surface area contributed by atoms with E-state index >= 15 is 4.39 Å². The highest BCUT2D eigenvalue weighted by molar-refractivity contribution is 5.87. The predicted octanol–water partition coefficient (Wildman–Crippen LogP) is 3.02. The van der Waals surface area contributed by atoms with Crippen LogP contribution in [0.5, 0.6) is 0 Å². The minimum Gasteiger partial charge on any atom is -0.393 e. The quantitative estimate of drug-likeness (QED) is 0.720. The molecule has 0 saturated heterocycles. The van der Waals surface area contributed by atoms with Crippen molar-refractivity contribution in [2.24, 2.45) is 28.6 Å². The summed E-state index contributed by atoms with van der Waals surface area (Å²) in [5.41, 5.74) is -2.70. The Morgan fingerprint density at radius 3 is 2.57 bits per heavy atom. The molecule has 3 nitrogen and oxygen atoms in total. The summed E-state index contributed by atoms with van der Waals surface area (Å²) in [6.07, 6.45) is 3.79. The molecule has 0 amide bonds. The topological polar surface area (TPSA) is 57.5 Å². The van der Waals surface area contributed by atoms with Gasteiger partial charge in [0.15, 0.2) is 0 Å². The standard InChI is InChI=1S/C19H29FO3/c1-17-10-16(23)19(20)14(13(17)5-6-15(17)22)4-3-11-9-12(21)7-8-18(11,19)2/h11-14,16,21,23H,3-10H2,1-2H3/t11-,12-,13+,14+,16+,17+,18+,19+/m1/s1. The first-order valence-corrected chi connectivity index (χ1v) is 9.32. The molecule has 0 bridgehead atoms. The summed E-state index contributed by atoms with van der Waals surface area (Å²) in [6, 6.07) is 0. The van der Waals surface area contributed by atoms with Crippen LogP contribution in [0.4, 0.5) is 4.39 Å². The van der Waals surface area contributed by atoms with Crippen molar-refractivity contribution in [1.29, 1.82) is 0 Å². The first kappa shape index (κ1) is 16.0.